The van der Waals surface area contributed by atoms with Gasteiger partial charge >= 0.3 is 6.18 Å². The Morgan fingerprint density at radius 3 is 2.19 bits per heavy atom. The lowest BCUT2D eigenvalue weighted by Crippen LogP contribution is -2.39. The second-order valence-electron chi connectivity index (χ2n) is 4.80. The summed E-state index contributed by atoms with van der Waals surface area (Å²) in [6.45, 7) is 4.41. The first kappa shape index (κ1) is 13.3. The van der Waals surface area contributed by atoms with E-state index in [4.69, 9.17) is 5.26 Å². The molecule has 0 aromatic heterocycles. The lowest BCUT2D eigenvalue weighted by Gasteiger charge is -2.26. The van der Waals surface area contributed by atoms with Gasteiger partial charge in [-0.3, -0.25) is 4.90 Å². The van der Waals surface area contributed by atoms with E-state index >= 15 is 0 Å². The molecule has 2 nitrogen and oxygen atoms in total. The van der Waals surface area contributed by atoms with Crippen molar-refractivity contribution in [3.8, 4) is 6.07 Å². The summed E-state index contributed by atoms with van der Waals surface area (Å²) in [6.07, 6.45) is -2.48. The van der Waals surface area contributed by atoms with Gasteiger partial charge in [0.2, 0.25) is 0 Å². The second kappa shape index (κ2) is 5.05. The van der Waals surface area contributed by atoms with Gasteiger partial charge in [-0.05, 0) is 18.8 Å². The van der Waals surface area contributed by atoms with Crippen LogP contribution in [0, 0.1) is 23.2 Å². The van der Waals surface area contributed by atoms with Crippen LogP contribution in [0.1, 0.15) is 26.7 Å². The van der Waals surface area contributed by atoms with E-state index in [1.807, 2.05) is 18.7 Å². The van der Waals surface area contributed by atoms with Gasteiger partial charge in [-0.15, -0.1) is 0 Å². The standard InChI is InChI=1S/C11H17F3N2/c1-8(2)6-16(10-3-4-10)7-9(5-15)11(12,13)14/h8-10H,3-4,6-7H2,1-2H3. The summed E-state index contributed by atoms with van der Waals surface area (Å²) in [4.78, 5) is 1.81. The van der Waals surface area contributed by atoms with Crippen molar-refractivity contribution >= 4 is 0 Å². The van der Waals surface area contributed by atoms with E-state index in [2.05, 4.69) is 0 Å². The molecule has 5 heteroatoms. The molecule has 1 rings (SSSR count). The summed E-state index contributed by atoms with van der Waals surface area (Å²) in [6, 6.07) is 1.63. The van der Waals surface area contributed by atoms with Crippen molar-refractivity contribution in [1.82, 2.24) is 4.90 Å². The Bertz CT molecular complexity index is 263. The Morgan fingerprint density at radius 2 is 1.88 bits per heavy atom. The normalized spacial score (nSPS) is 18.9. The van der Waals surface area contributed by atoms with Gasteiger partial charge in [0, 0.05) is 19.1 Å². The van der Waals surface area contributed by atoms with E-state index in [1.54, 1.807) is 0 Å². The van der Waals surface area contributed by atoms with Crippen molar-refractivity contribution < 1.29 is 13.2 Å². The molecule has 0 radical (unpaired) electrons. The summed E-state index contributed by atoms with van der Waals surface area (Å²) in [5, 5.41) is 8.55. The maximum absolute atomic E-state index is 12.5. The Kier molecular flexibility index (Phi) is 4.20. The van der Waals surface area contributed by atoms with Crippen molar-refractivity contribution in [3.63, 3.8) is 0 Å². The molecular weight excluding hydrogens is 217 g/mol. The summed E-state index contributed by atoms with van der Waals surface area (Å²) >= 11 is 0. The van der Waals surface area contributed by atoms with Crippen molar-refractivity contribution in [3.05, 3.63) is 0 Å². The molecular formula is C11H17F3N2. The van der Waals surface area contributed by atoms with Gasteiger partial charge in [0.1, 0.15) is 0 Å². The van der Waals surface area contributed by atoms with Crippen LogP contribution in [0.25, 0.3) is 0 Å². The molecule has 0 N–H and O–H groups in total. The van der Waals surface area contributed by atoms with Crippen LogP contribution in [-0.4, -0.2) is 30.2 Å². The molecule has 1 unspecified atom stereocenters. The largest absolute Gasteiger partial charge is 0.405 e. The number of hydrogen-bond donors (Lipinski definition) is 0. The van der Waals surface area contributed by atoms with Crippen LogP contribution >= 0.6 is 0 Å². The van der Waals surface area contributed by atoms with Gasteiger partial charge in [-0.25, -0.2) is 0 Å². The van der Waals surface area contributed by atoms with E-state index in [1.165, 1.54) is 6.07 Å². The molecule has 0 spiro atoms. The second-order valence-corrected chi connectivity index (χ2v) is 4.80. The van der Waals surface area contributed by atoms with Crippen molar-refractivity contribution in [2.45, 2.75) is 38.9 Å². The van der Waals surface area contributed by atoms with Crippen LogP contribution in [-0.2, 0) is 0 Å². The molecule has 1 aliphatic carbocycles. The topological polar surface area (TPSA) is 27.0 Å². The quantitative estimate of drug-likeness (QED) is 0.731. The fourth-order valence-corrected chi connectivity index (χ4v) is 1.73. The van der Waals surface area contributed by atoms with Gasteiger partial charge < -0.3 is 0 Å². The maximum atomic E-state index is 12.5. The van der Waals surface area contributed by atoms with Crippen LogP contribution in [0.3, 0.4) is 0 Å². The number of alkyl halides is 3. The molecule has 1 fully saturated rings. The zero-order chi connectivity index (χ0) is 12.3. The lowest BCUT2D eigenvalue weighted by atomic mass is 10.1. The van der Waals surface area contributed by atoms with E-state index < -0.39 is 12.1 Å². The van der Waals surface area contributed by atoms with Crippen LogP contribution in [0.4, 0.5) is 13.2 Å². The van der Waals surface area contributed by atoms with Crippen molar-refractivity contribution in [2.24, 2.45) is 11.8 Å². The minimum atomic E-state index is -4.40. The highest BCUT2D eigenvalue weighted by atomic mass is 19.4. The Balaban J connectivity index is 2.56. The first-order valence-corrected chi connectivity index (χ1v) is 5.55. The van der Waals surface area contributed by atoms with Gasteiger partial charge in [0.05, 0.1) is 6.07 Å². The smallest absolute Gasteiger partial charge is 0.298 e. The monoisotopic (exact) mass is 234 g/mol. The maximum Gasteiger partial charge on any atom is 0.405 e. The molecule has 0 heterocycles. The van der Waals surface area contributed by atoms with Crippen molar-refractivity contribution in [2.75, 3.05) is 13.1 Å². The summed E-state index contributed by atoms with van der Waals surface area (Å²) in [5.41, 5.74) is 0. The number of hydrogen-bond acceptors (Lipinski definition) is 2. The van der Waals surface area contributed by atoms with Crippen LogP contribution in [0.2, 0.25) is 0 Å². The van der Waals surface area contributed by atoms with Gasteiger partial charge in [0.25, 0.3) is 0 Å². The SMILES string of the molecule is CC(C)CN(CC(C#N)C(F)(F)F)C1CC1. The Hall–Kier alpha value is -0.760. The average molecular weight is 234 g/mol. The number of rotatable bonds is 5. The van der Waals surface area contributed by atoms with Gasteiger partial charge in [-0.1, -0.05) is 13.8 Å². The molecule has 1 aliphatic rings. The molecule has 16 heavy (non-hydrogen) atoms. The fourth-order valence-electron chi connectivity index (χ4n) is 1.73. The van der Waals surface area contributed by atoms with E-state index in [9.17, 15) is 13.2 Å². The van der Waals surface area contributed by atoms with Gasteiger partial charge in [-0.2, -0.15) is 18.4 Å². The van der Waals surface area contributed by atoms with Crippen LogP contribution in [0.5, 0.6) is 0 Å². The molecule has 1 atom stereocenters. The zero-order valence-electron chi connectivity index (χ0n) is 9.59. The number of nitriles is 1. The van der Waals surface area contributed by atoms with Crippen LogP contribution < -0.4 is 0 Å². The molecule has 0 bridgehead atoms. The third-order valence-electron chi connectivity index (χ3n) is 2.63. The number of halogens is 3. The fraction of sp³-hybridized carbons (Fsp3) is 0.909. The Morgan fingerprint density at radius 1 is 1.31 bits per heavy atom. The van der Waals surface area contributed by atoms with E-state index in [-0.39, 0.29) is 12.6 Å². The van der Waals surface area contributed by atoms with Gasteiger partial charge in [0.15, 0.2) is 5.92 Å². The third-order valence-corrected chi connectivity index (χ3v) is 2.63. The first-order valence-electron chi connectivity index (χ1n) is 5.55. The molecule has 1 saturated carbocycles. The summed E-state index contributed by atoms with van der Waals surface area (Å²) in [5.74, 6) is -1.53. The predicted molar refractivity (Wildman–Crippen MR) is 54.6 cm³/mol. The molecule has 0 aromatic rings. The third kappa shape index (κ3) is 4.01. The zero-order valence-corrected chi connectivity index (χ0v) is 9.59. The molecule has 92 valence electrons. The Labute approximate surface area is 94.0 Å². The van der Waals surface area contributed by atoms with E-state index in [0.29, 0.717) is 12.5 Å². The molecule has 0 amide bonds. The molecule has 0 aliphatic heterocycles. The molecule has 0 aromatic carbocycles. The average Bonchev–Trinajstić information content (AvgIpc) is 2.92. The molecule has 0 saturated heterocycles. The highest BCUT2D eigenvalue weighted by Crippen LogP contribution is 2.32. The van der Waals surface area contributed by atoms with Crippen molar-refractivity contribution in [1.29, 1.82) is 5.26 Å². The first-order chi connectivity index (χ1) is 7.34. The summed E-state index contributed by atoms with van der Waals surface area (Å²) in [7, 11) is 0. The predicted octanol–water partition coefficient (Wildman–Crippen LogP) is 2.81. The highest BCUT2D eigenvalue weighted by Gasteiger charge is 2.43. The lowest BCUT2D eigenvalue weighted by molar-refractivity contribution is -0.163. The minimum Gasteiger partial charge on any atom is -0.298 e. The van der Waals surface area contributed by atoms with E-state index in [0.717, 1.165) is 12.8 Å². The minimum absolute atomic E-state index is 0.178. The highest BCUT2D eigenvalue weighted by molar-refractivity contribution is 4.94. The summed E-state index contributed by atoms with van der Waals surface area (Å²) < 4.78 is 37.4. The number of nitrogens with zero attached hydrogens (tertiary/aromatic N) is 2. The van der Waals surface area contributed by atoms with Crippen LogP contribution in [0.15, 0.2) is 0 Å².